The molecule has 0 aliphatic heterocycles. The van der Waals surface area contributed by atoms with E-state index in [4.69, 9.17) is 0 Å². The highest BCUT2D eigenvalue weighted by Crippen LogP contribution is 2.45. The standard InChI is InChI=1S/C25H28O3/c1-5-12-25(19-6-9-22(26)16(2)13-19,20-7-10-23(27)17(3)14-20)21-8-11-24(28)18(4)15-21/h6-11,13-15,26-28H,5,12H2,1-4H3. The van der Waals surface area contributed by atoms with Crippen molar-refractivity contribution in [3.8, 4) is 17.2 Å². The summed E-state index contributed by atoms with van der Waals surface area (Å²) in [6, 6.07) is 17.3. The quantitative estimate of drug-likeness (QED) is 0.489. The summed E-state index contributed by atoms with van der Waals surface area (Å²) in [6.45, 7) is 7.86. The molecule has 146 valence electrons. The van der Waals surface area contributed by atoms with Crippen molar-refractivity contribution in [2.24, 2.45) is 0 Å². The molecule has 0 aliphatic carbocycles. The number of hydrogen-bond acceptors (Lipinski definition) is 3. The Hall–Kier alpha value is -2.94. The van der Waals surface area contributed by atoms with Gasteiger partial charge in [-0.2, -0.15) is 0 Å². The normalized spacial score (nSPS) is 11.6. The van der Waals surface area contributed by atoms with E-state index in [1.807, 2.05) is 57.2 Å². The van der Waals surface area contributed by atoms with E-state index in [0.29, 0.717) is 0 Å². The summed E-state index contributed by atoms with van der Waals surface area (Å²) < 4.78 is 0. The van der Waals surface area contributed by atoms with Gasteiger partial charge in [0.2, 0.25) is 0 Å². The number of phenols is 3. The monoisotopic (exact) mass is 376 g/mol. The van der Waals surface area contributed by atoms with Gasteiger partial charge in [-0.1, -0.05) is 49.7 Å². The Balaban J connectivity index is 2.39. The number of hydrogen-bond donors (Lipinski definition) is 3. The molecule has 0 atom stereocenters. The van der Waals surface area contributed by atoms with Gasteiger partial charge in [0.1, 0.15) is 17.2 Å². The van der Waals surface area contributed by atoms with Crippen molar-refractivity contribution in [1.82, 2.24) is 0 Å². The molecule has 0 aromatic heterocycles. The Kier molecular flexibility index (Phi) is 5.37. The fourth-order valence-corrected chi connectivity index (χ4v) is 4.07. The topological polar surface area (TPSA) is 60.7 Å². The molecule has 0 fully saturated rings. The van der Waals surface area contributed by atoms with Gasteiger partial charge in [-0.3, -0.25) is 0 Å². The van der Waals surface area contributed by atoms with E-state index in [1.54, 1.807) is 18.2 Å². The lowest BCUT2D eigenvalue weighted by molar-refractivity contribution is 0.466. The molecule has 3 rings (SSSR count). The second-order valence-electron chi connectivity index (χ2n) is 7.66. The van der Waals surface area contributed by atoms with Crippen molar-refractivity contribution in [2.45, 2.75) is 46.0 Å². The average molecular weight is 376 g/mol. The largest absolute Gasteiger partial charge is 0.508 e. The number of phenolic OH excluding ortho intramolecular Hbond substituents is 3. The lowest BCUT2D eigenvalue weighted by Crippen LogP contribution is -2.29. The van der Waals surface area contributed by atoms with Crippen molar-refractivity contribution >= 4 is 0 Å². The van der Waals surface area contributed by atoms with Crippen molar-refractivity contribution in [2.75, 3.05) is 0 Å². The summed E-state index contributed by atoms with van der Waals surface area (Å²) in [7, 11) is 0. The lowest BCUT2D eigenvalue weighted by atomic mass is 9.66. The minimum atomic E-state index is -0.454. The Morgan fingerprint density at radius 2 is 0.929 bits per heavy atom. The van der Waals surface area contributed by atoms with E-state index < -0.39 is 5.41 Å². The second kappa shape index (κ2) is 7.59. The maximum Gasteiger partial charge on any atom is 0.118 e. The molecule has 0 spiro atoms. The average Bonchev–Trinajstić information content (AvgIpc) is 2.67. The first-order valence-electron chi connectivity index (χ1n) is 9.70. The molecule has 0 saturated heterocycles. The lowest BCUT2D eigenvalue weighted by Gasteiger charge is -2.37. The minimum absolute atomic E-state index is 0.276. The number of aromatic hydroxyl groups is 3. The SMILES string of the molecule is CCCC(c1ccc(O)c(C)c1)(c1ccc(O)c(C)c1)c1ccc(O)c(C)c1. The smallest absolute Gasteiger partial charge is 0.118 e. The zero-order valence-corrected chi connectivity index (χ0v) is 17.0. The molecule has 0 amide bonds. The van der Waals surface area contributed by atoms with Gasteiger partial charge < -0.3 is 15.3 Å². The van der Waals surface area contributed by atoms with Crippen LogP contribution in [0.4, 0.5) is 0 Å². The van der Waals surface area contributed by atoms with Crippen LogP contribution in [0.25, 0.3) is 0 Å². The molecule has 0 radical (unpaired) electrons. The summed E-state index contributed by atoms with van der Waals surface area (Å²) in [5.41, 5.74) is 5.26. The van der Waals surface area contributed by atoms with E-state index in [2.05, 4.69) is 6.92 Å². The Morgan fingerprint density at radius 3 is 1.18 bits per heavy atom. The summed E-state index contributed by atoms with van der Waals surface area (Å²) in [6.07, 6.45) is 1.80. The fourth-order valence-electron chi connectivity index (χ4n) is 4.07. The number of rotatable bonds is 5. The molecule has 0 heterocycles. The molecule has 3 nitrogen and oxygen atoms in total. The number of aryl methyl sites for hydroxylation is 3. The van der Waals surface area contributed by atoms with Gasteiger partial charge in [-0.25, -0.2) is 0 Å². The van der Waals surface area contributed by atoms with E-state index in [9.17, 15) is 15.3 Å². The zero-order valence-electron chi connectivity index (χ0n) is 17.0. The maximum absolute atomic E-state index is 10.1. The predicted octanol–water partition coefficient (Wildman–Crippen LogP) is 5.86. The molecule has 0 bridgehead atoms. The first-order valence-corrected chi connectivity index (χ1v) is 9.70. The fraction of sp³-hybridized carbons (Fsp3) is 0.280. The van der Waals surface area contributed by atoms with Gasteiger partial charge in [0, 0.05) is 5.41 Å². The van der Waals surface area contributed by atoms with Gasteiger partial charge in [0.25, 0.3) is 0 Å². The number of benzene rings is 3. The van der Waals surface area contributed by atoms with Crippen LogP contribution in [0.2, 0.25) is 0 Å². The molecule has 28 heavy (non-hydrogen) atoms. The first kappa shape index (κ1) is 19.8. The Bertz CT molecular complexity index is 879. The Morgan fingerprint density at radius 1 is 0.607 bits per heavy atom. The highest BCUT2D eigenvalue weighted by atomic mass is 16.3. The maximum atomic E-state index is 10.1. The summed E-state index contributed by atoms with van der Waals surface area (Å²) in [4.78, 5) is 0. The molecular weight excluding hydrogens is 348 g/mol. The van der Waals surface area contributed by atoms with Gasteiger partial charge in [-0.15, -0.1) is 0 Å². The second-order valence-corrected chi connectivity index (χ2v) is 7.66. The van der Waals surface area contributed by atoms with Crippen LogP contribution in [0.15, 0.2) is 54.6 Å². The van der Waals surface area contributed by atoms with Crippen LogP contribution in [-0.4, -0.2) is 15.3 Å². The van der Waals surface area contributed by atoms with Crippen molar-refractivity contribution < 1.29 is 15.3 Å². The molecule has 3 N–H and O–H groups in total. The third kappa shape index (κ3) is 3.33. The van der Waals surface area contributed by atoms with Crippen LogP contribution in [0, 0.1) is 20.8 Å². The summed E-state index contributed by atoms with van der Waals surface area (Å²) in [5.74, 6) is 0.828. The third-order valence-electron chi connectivity index (χ3n) is 5.69. The van der Waals surface area contributed by atoms with Crippen molar-refractivity contribution in [1.29, 1.82) is 0 Å². The van der Waals surface area contributed by atoms with E-state index in [-0.39, 0.29) is 17.2 Å². The molecular formula is C25H28O3. The molecule has 3 aromatic rings. The molecule has 0 aliphatic rings. The third-order valence-corrected chi connectivity index (χ3v) is 5.69. The Labute approximate surface area is 166 Å². The van der Waals surface area contributed by atoms with E-state index >= 15 is 0 Å². The van der Waals surface area contributed by atoms with Crippen LogP contribution in [-0.2, 0) is 5.41 Å². The highest BCUT2D eigenvalue weighted by molar-refractivity contribution is 5.56. The molecule has 3 aromatic carbocycles. The van der Waals surface area contributed by atoms with Crippen LogP contribution in [0.3, 0.4) is 0 Å². The van der Waals surface area contributed by atoms with Crippen LogP contribution in [0.5, 0.6) is 17.2 Å². The van der Waals surface area contributed by atoms with Crippen molar-refractivity contribution in [3.05, 3.63) is 88.0 Å². The van der Waals surface area contributed by atoms with Crippen LogP contribution < -0.4 is 0 Å². The van der Waals surface area contributed by atoms with Gasteiger partial charge >= 0.3 is 0 Å². The van der Waals surface area contributed by atoms with Crippen LogP contribution in [0.1, 0.15) is 53.1 Å². The van der Waals surface area contributed by atoms with E-state index in [0.717, 1.165) is 46.2 Å². The molecule has 0 saturated carbocycles. The van der Waals surface area contributed by atoms with E-state index in [1.165, 1.54) is 0 Å². The zero-order chi connectivity index (χ0) is 20.5. The summed E-state index contributed by atoms with van der Waals surface area (Å²) in [5, 5.41) is 30.2. The minimum Gasteiger partial charge on any atom is -0.508 e. The highest BCUT2D eigenvalue weighted by Gasteiger charge is 2.36. The van der Waals surface area contributed by atoms with Crippen LogP contribution >= 0.6 is 0 Å². The van der Waals surface area contributed by atoms with Gasteiger partial charge in [0.15, 0.2) is 0 Å². The first-order chi connectivity index (χ1) is 13.3. The van der Waals surface area contributed by atoms with Gasteiger partial charge in [-0.05, 0) is 78.8 Å². The summed E-state index contributed by atoms with van der Waals surface area (Å²) >= 11 is 0. The molecule has 3 heteroatoms. The van der Waals surface area contributed by atoms with Crippen molar-refractivity contribution in [3.63, 3.8) is 0 Å². The predicted molar refractivity (Wildman–Crippen MR) is 113 cm³/mol. The molecule has 0 unspecified atom stereocenters. The van der Waals surface area contributed by atoms with Gasteiger partial charge in [0.05, 0.1) is 0 Å².